The predicted molar refractivity (Wildman–Crippen MR) is 114 cm³/mol. The number of carbonyl (C=O) groups excluding carboxylic acids is 1. The molecule has 0 radical (unpaired) electrons. The van der Waals surface area contributed by atoms with Crippen LogP contribution in [0.2, 0.25) is 0 Å². The second-order valence-corrected chi connectivity index (χ2v) is 8.77. The Morgan fingerprint density at radius 3 is 2.00 bits per heavy atom. The first-order valence-electron chi connectivity index (χ1n) is 9.16. The number of aromatic nitrogens is 1. The molecule has 1 heterocycles. The Hall–Kier alpha value is -3.70. The van der Waals surface area contributed by atoms with Crippen LogP contribution >= 0.6 is 0 Å². The fraction of sp³-hybridized carbons (Fsp3) is 0.136. The minimum Gasteiger partial charge on any atom is -0.334 e. The van der Waals surface area contributed by atoms with E-state index in [0.717, 1.165) is 5.56 Å². The molecule has 8 heteroatoms. The number of sulfone groups is 1. The van der Waals surface area contributed by atoms with Crippen LogP contribution in [0.5, 0.6) is 0 Å². The summed E-state index contributed by atoms with van der Waals surface area (Å²) in [5.74, 6) is -0.211. The second kappa shape index (κ2) is 9.67. The summed E-state index contributed by atoms with van der Waals surface area (Å²) < 4.78 is 24.9. The van der Waals surface area contributed by atoms with Crippen LogP contribution in [0.15, 0.2) is 73.1 Å². The van der Waals surface area contributed by atoms with Crippen molar-refractivity contribution in [2.45, 2.75) is 18.1 Å². The van der Waals surface area contributed by atoms with Crippen molar-refractivity contribution >= 4 is 21.6 Å². The molecular weight excluding hydrogens is 400 g/mol. The molecule has 0 saturated carbocycles. The van der Waals surface area contributed by atoms with Gasteiger partial charge in [0.25, 0.3) is 0 Å². The molecule has 152 valence electrons. The van der Waals surface area contributed by atoms with E-state index in [9.17, 15) is 13.2 Å². The number of benzene rings is 2. The highest BCUT2D eigenvalue weighted by molar-refractivity contribution is 7.89. The highest BCUT2D eigenvalue weighted by atomic mass is 32.2. The fourth-order valence-corrected chi connectivity index (χ4v) is 4.28. The van der Waals surface area contributed by atoms with Crippen LogP contribution in [-0.4, -0.2) is 19.4 Å². The summed E-state index contributed by atoms with van der Waals surface area (Å²) in [6.45, 7) is 0.375. The molecule has 0 spiro atoms. The first-order valence-corrected chi connectivity index (χ1v) is 11.0. The zero-order valence-corrected chi connectivity index (χ0v) is 16.9. The number of nitrogens with one attached hydrogen (secondary N) is 2. The lowest BCUT2D eigenvalue weighted by molar-refractivity contribution is 0.251. The van der Waals surface area contributed by atoms with Crippen molar-refractivity contribution in [1.82, 2.24) is 10.3 Å². The minimum atomic E-state index is -3.37. The van der Waals surface area contributed by atoms with Crippen molar-refractivity contribution in [2.75, 3.05) is 5.32 Å². The van der Waals surface area contributed by atoms with E-state index in [-0.39, 0.29) is 17.5 Å². The summed E-state index contributed by atoms with van der Waals surface area (Å²) in [5, 5.41) is 14.3. The van der Waals surface area contributed by atoms with Crippen molar-refractivity contribution in [3.63, 3.8) is 0 Å². The lowest BCUT2D eigenvalue weighted by atomic mass is 10.2. The summed E-state index contributed by atoms with van der Waals surface area (Å²) in [4.78, 5) is 15.9. The maximum Gasteiger partial charge on any atom is 0.319 e. The standard InChI is InChI=1S/C22H20N4O3S/c23-13-17-1-3-19(4-2-17)15-30(28,29)16-20-5-7-21(8-6-20)26-22(27)25-14-18-9-11-24-12-10-18/h1-12H,14-16H2,(H2,25,26,27). The largest absolute Gasteiger partial charge is 0.334 e. The Bertz CT molecular complexity index is 1140. The number of nitrogens with zero attached hydrogens (tertiary/aromatic N) is 2. The van der Waals surface area contributed by atoms with E-state index < -0.39 is 9.84 Å². The fourth-order valence-electron chi connectivity index (χ4n) is 2.78. The minimum absolute atomic E-state index is 0.101. The molecular formula is C22H20N4O3S. The van der Waals surface area contributed by atoms with Crippen molar-refractivity contribution in [3.05, 3.63) is 95.3 Å². The quantitative estimate of drug-likeness (QED) is 0.608. The third kappa shape index (κ3) is 6.43. The van der Waals surface area contributed by atoms with Gasteiger partial charge in [-0.2, -0.15) is 5.26 Å². The van der Waals surface area contributed by atoms with Gasteiger partial charge in [-0.1, -0.05) is 24.3 Å². The smallest absolute Gasteiger partial charge is 0.319 e. The highest BCUT2D eigenvalue weighted by Crippen LogP contribution is 2.16. The van der Waals surface area contributed by atoms with Gasteiger partial charge in [0.15, 0.2) is 9.84 Å². The van der Waals surface area contributed by atoms with Crippen LogP contribution in [0.1, 0.15) is 22.3 Å². The number of amides is 2. The van der Waals surface area contributed by atoms with Gasteiger partial charge in [-0.3, -0.25) is 4.98 Å². The Balaban J connectivity index is 1.53. The first kappa shape index (κ1) is 21.0. The van der Waals surface area contributed by atoms with Gasteiger partial charge in [-0.05, 0) is 53.1 Å². The molecule has 1 aromatic heterocycles. The molecule has 2 N–H and O–H groups in total. The molecule has 2 aromatic carbocycles. The number of urea groups is 1. The Morgan fingerprint density at radius 1 is 0.867 bits per heavy atom. The molecule has 0 aliphatic carbocycles. The molecule has 3 aromatic rings. The summed E-state index contributed by atoms with van der Waals surface area (Å²) in [5.41, 5.74) is 3.26. The lowest BCUT2D eigenvalue weighted by Crippen LogP contribution is -2.28. The lowest BCUT2D eigenvalue weighted by Gasteiger charge is -2.09. The van der Waals surface area contributed by atoms with Gasteiger partial charge in [0.1, 0.15) is 0 Å². The first-order chi connectivity index (χ1) is 14.4. The Labute approximate surface area is 175 Å². The average molecular weight is 420 g/mol. The van der Waals surface area contributed by atoms with E-state index in [1.54, 1.807) is 60.9 Å². The topological polar surface area (TPSA) is 112 Å². The molecule has 30 heavy (non-hydrogen) atoms. The summed E-state index contributed by atoms with van der Waals surface area (Å²) >= 11 is 0. The number of hydrogen-bond donors (Lipinski definition) is 2. The number of rotatable bonds is 7. The predicted octanol–water partition coefficient (Wildman–Crippen LogP) is 3.39. The monoisotopic (exact) mass is 420 g/mol. The molecule has 3 rings (SSSR count). The Morgan fingerprint density at radius 2 is 1.43 bits per heavy atom. The van der Waals surface area contributed by atoms with Gasteiger partial charge in [0, 0.05) is 24.6 Å². The van der Waals surface area contributed by atoms with E-state index in [1.165, 1.54) is 0 Å². The number of hydrogen-bond acceptors (Lipinski definition) is 5. The van der Waals surface area contributed by atoms with Gasteiger partial charge < -0.3 is 10.6 Å². The third-order valence-corrected chi connectivity index (χ3v) is 5.82. The molecule has 0 aliphatic rings. The van der Waals surface area contributed by atoms with Crippen molar-refractivity contribution in [1.29, 1.82) is 5.26 Å². The van der Waals surface area contributed by atoms with Gasteiger partial charge in [-0.25, -0.2) is 13.2 Å². The van der Waals surface area contributed by atoms with E-state index in [4.69, 9.17) is 5.26 Å². The number of pyridine rings is 1. The van der Waals surface area contributed by atoms with Crippen LogP contribution in [0, 0.1) is 11.3 Å². The van der Waals surface area contributed by atoms with Crippen LogP contribution in [0.25, 0.3) is 0 Å². The van der Waals surface area contributed by atoms with Crippen LogP contribution < -0.4 is 10.6 Å². The van der Waals surface area contributed by atoms with Crippen molar-refractivity contribution in [3.8, 4) is 6.07 Å². The van der Waals surface area contributed by atoms with Crippen LogP contribution in [0.4, 0.5) is 10.5 Å². The normalized spacial score (nSPS) is 10.8. The SMILES string of the molecule is N#Cc1ccc(CS(=O)(=O)Cc2ccc(NC(=O)NCc3ccncc3)cc2)cc1. The van der Waals surface area contributed by atoms with E-state index >= 15 is 0 Å². The van der Waals surface area contributed by atoms with Gasteiger partial charge in [-0.15, -0.1) is 0 Å². The molecule has 7 nitrogen and oxygen atoms in total. The zero-order valence-electron chi connectivity index (χ0n) is 16.1. The van der Waals surface area contributed by atoms with E-state index in [2.05, 4.69) is 15.6 Å². The van der Waals surface area contributed by atoms with Gasteiger partial charge in [0.2, 0.25) is 0 Å². The number of carbonyl (C=O) groups is 1. The maximum atomic E-state index is 12.5. The third-order valence-electron chi connectivity index (χ3n) is 4.27. The average Bonchev–Trinajstić information content (AvgIpc) is 2.74. The highest BCUT2D eigenvalue weighted by Gasteiger charge is 2.13. The second-order valence-electron chi connectivity index (χ2n) is 6.70. The van der Waals surface area contributed by atoms with E-state index in [0.29, 0.717) is 28.9 Å². The number of anilines is 1. The zero-order chi connectivity index (χ0) is 21.4. The molecule has 0 saturated heterocycles. The van der Waals surface area contributed by atoms with Crippen molar-refractivity contribution < 1.29 is 13.2 Å². The number of nitriles is 1. The van der Waals surface area contributed by atoms with Crippen LogP contribution in [0.3, 0.4) is 0 Å². The van der Waals surface area contributed by atoms with E-state index in [1.807, 2.05) is 18.2 Å². The molecule has 0 bridgehead atoms. The van der Waals surface area contributed by atoms with Gasteiger partial charge >= 0.3 is 6.03 Å². The molecule has 0 atom stereocenters. The molecule has 2 amide bonds. The van der Waals surface area contributed by atoms with Gasteiger partial charge in [0.05, 0.1) is 23.1 Å². The van der Waals surface area contributed by atoms with Crippen molar-refractivity contribution in [2.24, 2.45) is 0 Å². The van der Waals surface area contributed by atoms with Crippen LogP contribution in [-0.2, 0) is 27.9 Å². The molecule has 0 aliphatic heterocycles. The summed E-state index contributed by atoms with van der Waals surface area (Å²) in [6, 6.07) is 18.5. The molecule has 0 unspecified atom stereocenters. The Kier molecular flexibility index (Phi) is 6.78. The molecule has 0 fully saturated rings. The summed E-state index contributed by atoms with van der Waals surface area (Å²) in [6.07, 6.45) is 3.31. The summed E-state index contributed by atoms with van der Waals surface area (Å²) in [7, 11) is -3.37. The maximum absolute atomic E-state index is 12.5.